The number of aromatic nitrogens is 4. The zero-order chi connectivity index (χ0) is 16.5. The van der Waals surface area contributed by atoms with Crippen LogP contribution in [-0.2, 0) is 0 Å². The Morgan fingerprint density at radius 2 is 2.08 bits per heavy atom. The topological polar surface area (TPSA) is 81.0 Å². The number of phenolic OH excluding ortho intramolecular Hbond substituents is 1. The van der Waals surface area contributed by atoms with E-state index in [1.165, 1.54) is 12.3 Å². The smallest absolute Gasteiger partial charge is 0.336 e. The lowest BCUT2D eigenvalue weighted by Crippen LogP contribution is -2.23. The van der Waals surface area contributed by atoms with Crippen LogP contribution in [0.2, 0.25) is 0 Å². The Morgan fingerprint density at radius 3 is 2.83 bits per heavy atom. The molecule has 2 atom stereocenters. The van der Waals surface area contributed by atoms with E-state index in [4.69, 9.17) is 4.74 Å². The SMILES string of the molecule is Oc1cc2cnccc2cc1-c1cnc(O[C@H]2CC=C[C@@H]2F)nn1. The maximum absolute atomic E-state index is 13.5. The number of nitrogens with zero attached hydrogens (tertiary/aromatic N) is 4. The van der Waals surface area contributed by atoms with Crippen LogP contribution in [0.3, 0.4) is 0 Å². The van der Waals surface area contributed by atoms with E-state index in [2.05, 4.69) is 20.2 Å². The maximum Gasteiger partial charge on any atom is 0.336 e. The van der Waals surface area contributed by atoms with Gasteiger partial charge in [-0.2, -0.15) is 0 Å². The molecule has 120 valence electrons. The molecule has 4 rings (SSSR count). The van der Waals surface area contributed by atoms with Gasteiger partial charge >= 0.3 is 6.01 Å². The molecule has 24 heavy (non-hydrogen) atoms. The van der Waals surface area contributed by atoms with Crippen LogP contribution >= 0.6 is 0 Å². The van der Waals surface area contributed by atoms with Crippen molar-refractivity contribution < 1.29 is 14.2 Å². The fourth-order valence-corrected chi connectivity index (χ4v) is 2.62. The minimum absolute atomic E-state index is 0.0135. The van der Waals surface area contributed by atoms with Gasteiger partial charge in [-0.1, -0.05) is 17.3 Å². The van der Waals surface area contributed by atoms with Gasteiger partial charge in [-0.15, -0.1) is 5.10 Å². The van der Waals surface area contributed by atoms with E-state index in [0.29, 0.717) is 17.7 Å². The predicted molar refractivity (Wildman–Crippen MR) is 85.3 cm³/mol. The molecule has 3 aromatic rings. The standard InChI is InChI=1S/C17H13FN4O2/c18-13-2-1-3-16(13)24-17-20-9-14(21-22-17)12-6-10-4-5-19-8-11(10)7-15(12)23/h1-2,4-9,13,16,23H,3H2/t13-,16-/m0/s1. The molecule has 6 nitrogen and oxygen atoms in total. The van der Waals surface area contributed by atoms with Gasteiger partial charge in [0.1, 0.15) is 17.5 Å². The van der Waals surface area contributed by atoms with Crippen LogP contribution in [-0.4, -0.2) is 37.5 Å². The highest BCUT2D eigenvalue weighted by atomic mass is 19.1. The predicted octanol–water partition coefficient (Wildman–Crippen LogP) is 2.84. The fourth-order valence-electron chi connectivity index (χ4n) is 2.62. The number of phenols is 1. The van der Waals surface area contributed by atoms with Crippen LogP contribution in [0, 0.1) is 0 Å². The minimum Gasteiger partial charge on any atom is -0.507 e. The zero-order valence-electron chi connectivity index (χ0n) is 12.5. The quantitative estimate of drug-likeness (QED) is 0.746. The Morgan fingerprint density at radius 1 is 1.17 bits per heavy atom. The summed E-state index contributed by atoms with van der Waals surface area (Å²) in [7, 11) is 0. The zero-order valence-corrected chi connectivity index (χ0v) is 12.5. The molecule has 0 saturated carbocycles. The normalized spacial score (nSPS) is 19.7. The summed E-state index contributed by atoms with van der Waals surface area (Å²) in [6.45, 7) is 0. The molecule has 1 aromatic carbocycles. The third-order valence-electron chi connectivity index (χ3n) is 3.87. The number of fused-ring (bicyclic) bond motifs is 1. The van der Waals surface area contributed by atoms with E-state index in [1.54, 1.807) is 30.6 Å². The summed E-state index contributed by atoms with van der Waals surface area (Å²) < 4.78 is 18.9. The average molecular weight is 324 g/mol. The Balaban J connectivity index is 1.61. The lowest BCUT2D eigenvalue weighted by molar-refractivity contribution is 0.126. The van der Waals surface area contributed by atoms with E-state index in [1.807, 2.05) is 6.07 Å². The highest BCUT2D eigenvalue weighted by molar-refractivity contribution is 5.89. The molecular formula is C17H13FN4O2. The fraction of sp³-hybridized carbons (Fsp3) is 0.176. The molecule has 0 radical (unpaired) electrons. The van der Waals surface area contributed by atoms with Gasteiger partial charge in [-0.05, 0) is 23.6 Å². The number of hydrogen-bond acceptors (Lipinski definition) is 6. The third kappa shape index (κ3) is 2.64. The maximum atomic E-state index is 13.5. The van der Waals surface area contributed by atoms with Gasteiger partial charge < -0.3 is 9.84 Å². The molecule has 1 aliphatic carbocycles. The van der Waals surface area contributed by atoms with Crippen molar-refractivity contribution in [1.29, 1.82) is 0 Å². The first-order valence-electron chi connectivity index (χ1n) is 7.45. The monoisotopic (exact) mass is 324 g/mol. The summed E-state index contributed by atoms with van der Waals surface area (Å²) in [6.07, 6.45) is 6.67. The lowest BCUT2D eigenvalue weighted by Gasteiger charge is -2.13. The summed E-state index contributed by atoms with van der Waals surface area (Å²) in [6, 6.07) is 5.25. The van der Waals surface area contributed by atoms with Crippen LogP contribution in [0.5, 0.6) is 11.8 Å². The number of benzene rings is 1. The highest BCUT2D eigenvalue weighted by Gasteiger charge is 2.25. The van der Waals surface area contributed by atoms with Crippen molar-refractivity contribution in [3.05, 3.63) is 48.9 Å². The molecular weight excluding hydrogens is 311 g/mol. The third-order valence-corrected chi connectivity index (χ3v) is 3.87. The summed E-state index contributed by atoms with van der Waals surface area (Å²) >= 11 is 0. The number of aromatic hydroxyl groups is 1. The Labute approximate surface area is 136 Å². The van der Waals surface area contributed by atoms with E-state index in [-0.39, 0.29) is 11.8 Å². The van der Waals surface area contributed by atoms with Gasteiger partial charge in [0.05, 0.1) is 6.20 Å². The number of rotatable bonds is 3. The summed E-state index contributed by atoms with van der Waals surface area (Å²) in [5, 5.41) is 19.8. The van der Waals surface area contributed by atoms with Crippen molar-refractivity contribution in [2.24, 2.45) is 0 Å². The molecule has 0 saturated heterocycles. The van der Waals surface area contributed by atoms with Crippen LogP contribution in [0.15, 0.2) is 48.9 Å². The second-order valence-corrected chi connectivity index (χ2v) is 5.48. The van der Waals surface area contributed by atoms with Gasteiger partial charge in [0.15, 0.2) is 6.17 Å². The molecule has 0 amide bonds. The number of pyridine rings is 1. The molecule has 0 spiro atoms. The van der Waals surface area contributed by atoms with Crippen molar-refractivity contribution in [1.82, 2.24) is 20.2 Å². The van der Waals surface area contributed by atoms with E-state index >= 15 is 0 Å². The molecule has 0 aliphatic heterocycles. The Hall–Kier alpha value is -3.09. The summed E-state index contributed by atoms with van der Waals surface area (Å²) in [5.41, 5.74) is 0.908. The van der Waals surface area contributed by atoms with Gasteiger partial charge in [0.25, 0.3) is 0 Å². The molecule has 0 bridgehead atoms. The van der Waals surface area contributed by atoms with Gasteiger partial charge in [0, 0.05) is 29.8 Å². The van der Waals surface area contributed by atoms with Gasteiger partial charge in [-0.25, -0.2) is 9.37 Å². The largest absolute Gasteiger partial charge is 0.507 e. The van der Waals surface area contributed by atoms with Crippen LogP contribution < -0.4 is 4.74 Å². The van der Waals surface area contributed by atoms with E-state index in [0.717, 1.165) is 10.8 Å². The number of ether oxygens (including phenoxy) is 1. The number of alkyl halides is 1. The molecule has 0 unspecified atom stereocenters. The molecule has 1 aliphatic rings. The van der Waals surface area contributed by atoms with E-state index < -0.39 is 12.3 Å². The number of halogens is 1. The first kappa shape index (κ1) is 14.5. The minimum atomic E-state index is -1.16. The summed E-state index contributed by atoms with van der Waals surface area (Å²) in [4.78, 5) is 8.08. The number of hydrogen-bond donors (Lipinski definition) is 1. The highest BCUT2D eigenvalue weighted by Crippen LogP contribution is 2.31. The molecule has 7 heteroatoms. The van der Waals surface area contributed by atoms with Crippen molar-refractivity contribution in [3.63, 3.8) is 0 Å². The second-order valence-electron chi connectivity index (χ2n) is 5.48. The van der Waals surface area contributed by atoms with E-state index in [9.17, 15) is 9.50 Å². The lowest BCUT2D eigenvalue weighted by atomic mass is 10.1. The first-order valence-corrected chi connectivity index (χ1v) is 7.45. The Kier molecular flexibility index (Phi) is 3.53. The van der Waals surface area contributed by atoms with Crippen LogP contribution in [0.4, 0.5) is 4.39 Å². The summed E-state index contributed by atoms with van der Waals surface area (Å²) in [5.74, 6) is 0.0593. The van der Waals surface area contributed by atoms with Crippen molar-refractivity contribution >= 4 is 10.8 Å². The van der Waals surface area contributed by atoms with Crippen molar-refractivity contribution in [3.8, 4) is 23.0 Å². The second kappa shape index (κ2) is 5.84. The van der Waals surface area contributed by atoms with Crippen LogP contribution in [0.1, 0.15) is 6.42 Å². The van der Waals surface area contributed by atoms with Crippen LogP contribution in [0.25, 0.3) is 22.0 Å². The Bertz CT molecular complexity index is 914. The molecule has 0 fully saturated rings. The van der Waals surface area contributed by atoms with Crippen molar-refractivity contribution in [2.75, 3.05) is 0 Å². The molecule has 2 heterocycles. The first-order chi connectivity index (χ1) is 11.7. The molecule has 2 aromatic heterocycles. The van der Waals surface area contributed by atoms with Crippen molar-refractivity contribution in [2.45, 2.75) is 18.7 Å². The average Bonchev–Trinajstić information content (AvgIpc) is 3.00. The van der Waals surface area contributed by atoms with Gasteiger partial charge in [-0.3, -0.25) is 4.98 Å². The molecule has 1 N–H and O–H groups in total. The van der Waals surface area contributed by atoms with Gasteiger partial charge in [0.2, 0.25) is 0 Å².